The molecule has 3 aromatic carbocycles. The lowest BCUT2D eigenvalue weighted by Gasteiger charge is -2.36. The van der Waals surface area contributed by atoms with Gasteiger partial charge in [-0.3, -0.25) is 9.59 Å². The van der Waals surface area contributed by atoms with Crippen molar-refractivity contribution in [2.45, 2.75) is 6.92 Å². The highest BCUT2D eigenvalue weighted by Crippen LogP contribution is 2.19. The SMILES string of the molecule is CC(=O)c1ccc(N2CCN(C(=O)Nc3ccc(C(=O)Nc4ccccc4)cc3)CC2)cc1. The van der Waals surface area contributed by atoms with E-state index in [0.717, 1.165) is 11.4 Å². The molecule has 33 heavy (non-hydrogen) atoms. The quantitative estimate of drug-likeness (QED) is 0.570. The summed E-state index contributed by atoms with van der Waals surface area (Å²) in [4.78, 5) is 40.5. The van der Waals surface area contributed by atoms with Gasteiger partial charge in [0.05, 0.1) is 0 Å². The summed E-state index contributed by atoms with van der Waals surface area (Å²) >= 11 is 0. The summed E-state index contributed by atoms with van der Waals surface area (Å²) in [7, 11) is 0. The molecule has 0 aliphatic carbocycles. The molecule has 168 valence electrons. The molecule has 1 aliphatic heterocycles. The molecule has 7 nitrogen and oxygen atoms in total. The number of piperazine rings is 1. The third-order valence-electron chi connectivity index (χ3n) is 5.64. The largest absolute Gasteiger partial charge is 0.368 e. The van der Waals surface area contributed by atoms with Crippen molar-refractivity contribution in [3.05, 3.63) is 90.0 Å². The molecular formula is C26H26N4O3. The molecule has 3 aromatic rings. The molecule has 2 N–H and O–H groups in total. The predicted octanol–water partition coefficient (Wildman–Crippen LogP) is 4.50. The van der Waals surface area contributed by atoms with E-state index in [-0.39, 0.29) is 17.7 Å². The number of nitrogens with zero attached hydrogens (tertiary/aromatic N) is 2. The molecule has 1 saturated heterocycles. The summed E-state index contributed by atoms with van der Waals surface area (Å²) in [6, 6.07) is 23.5. The smallest absolute Gasteiger partial charge is 0.321 e. The van der Waals surface area contributed by atoms with Gasteiger partial charge in [0.15, 0.2) is 5.78 Å². The van der Waals surface area contributed by atoms with Crippen molar-refractivity contribution in [3.8, 4) is 0 Å². The Hall–Kier alpha value is -4.13. The number of carbonyl (C=O) groups excluding carboxylic acids is 3. The summed E-state index contributed by atoms with van der Waals surface area (Å²) in [5.41, 5.74) is 3.62. The fourth-order valence-corrected chi connectivity index (χ4v) is 3.71. The molecule has 1 aliphatic rings. The van der Waals surface area contributed by atoms with Crippen molar-refractivity contribution >= 4 is 34.8 Å². The number of hydrogen-bond acceptors (Lipinski definition) is 4. The normalized spacial score (nSPS) is 13.4. The topological polar surface area (TPSA) is 81.8 Å². The third kappa shape index (κ3) is 5.57. The second-order valence-electron chi connectivity index (χ2n) is 7.90. The van der Waals surface area contributed by atoms with Gasteiger partial charge in [-0.1, -0.05) is 18.2 Å². The second kappa shape index (κ2) is 9.99. The first kappa shape index (κ1) is 22.1. The van der Waals surface area contributed by atoms with Crippen LogP contribution in [0.5, 0.6) is 0 Å². The number of carbonyl (C=O) groups is 3. The van der Waals surface area contributed by atoms with Gasteiger partial charge in [0, 0.05) is 54.4 Å². The maximum absolute atomic E-state index is 12.7. The van der Waals surface area contributed by atoms with Gasteiger partial charge in [0.2, 0.25) is 0 Å². The van der Waals surface area contributed by atoms with Gasteiger partial charge in [-0.15, -0.1) is 0 Å². The Morgan fingerprint density at radius 2 is 1.24 bits per heavy atom. The van der Waals surface area contributed by atoms with Crippen LogP contribution in [0.3, 0.4) is 0 Å². The molecule has 0 saturated carbocycles. The molecule has 0 spiro atoms. The first-order valence-corrected chi connectivity index (χ1v) is 10.9. The first-order valence-electron chi connectivity index (χ1n) is 10.9. The number of hydrogen-bond donors (Lipinski definition) is 2. The summed E-state index contributed by atoms with van der Waals surface area (Å²) in [5.74, 6) is -0.153. The highest BCUT2D eigenvalue weighted by molar-refractivity contribution is 6.04. The molecule has 0 radical (unpaired) electrons. The molecule has 7 heteroatoms. The van der Waals surface area contributed by atoms with E-state index in [9.17, 15) is 14.4 Å². The van der Waals surface area contributed by atoms with Crippen LogP contribution in [0.4, 0.5) is 21.9 Å². The fourth-order valence-electron chi connectivity index (χ4n) is 3.71. The first-order chi connectivity index (χ1) is 16.0. The van der Waals surface area contributed by atoms with Crippen molar-refractivity contribution in [1.29, 1.82) is 0 Å². The van der Waals surface area contributed by atoms with Crippen molar-refractivity contribution in [2.75, 3.05) is 41.7 Å². The monoisotopic (exact) mass is 442 g/mol. The van der Waals surface area contributed by atoms with E-state index in [4.69, 9.17) is 0 Å². The van der Waals surface area contributed by atoms with Crippen molar-refractivity contribution in [2.24, 2.45) is 0 Å². The summed E-state index contributed by atoms with van der Waals surface area (Å²) < 4.78 is 0. The van der Waals surface area contributed by atoms with Crippen molar-refractivity contribution in [3.63, 3.8) is 0 Å². The predicted molar refractivity (Wildman–Crippen MR) is 130 cm³/mol. The number of nitrogens with one attached hydrogen (secondary N) is 2. The van der Waals surface area contributed by atoms with Gasteiger partial charge in [-0.2, -0.15) is 0 Å². The Bertz CT molecular complexity index is 1120. The van der Waals surface area contributed by atoms with Crippen LogP contribution in [0.2, 0.25) is 0 Å². The van der Waals surface area contributed by atoms with Crippen LogP contribution in [0.25, 0.3) is 0 Å². The number of ketones is 1. The van der Waals surface area contributed by atoms with Crippen LogP contribution in [-0.2, 0) is 0 Å². The summed E-state index contributed by atoms with van der Waals surface area (Å²) in [6.45, 7) is 4.17. The Kier molecular flexibility index (Phi) is 6.69. The Morgan fingerprint density at radius 3 is 1.85 bits per heavy atom. The van der Waals surface area contributed by atoms with Gasteiger partial charge in [-0.25, -0.2) is 4.79 Å². The zero-order valence-corrected chi connectivity index (χ0v) is 18.5. The highest BCUT2D eigenvalue weighted by atomic mass is 16.2. The molecule has 0 atom stereocenters. The fraction of sp³-hybridized carbons (Fsp3) is 0.192. The lowest BCUT2D eigenvalue weighted by Crippen LogP contribution is -2.50. The summed E-state index contributed by atoms with van der Waals surface area (Å²) in [6.07, 6.45) is 0. The standard InChI is InChI=1S/C26H26N4O3/c1-19(31)20-9-13-24(14-10-20)29-15-17-30(18-16-29)26(33)28-23-11-7-21(8-12-23)25(32)27-22-5-3-2-4-6-22/h2-14H,15-18H2,1H3,(H,27,32)(H,28,33). The molecular weight excluding hydrogens is 416 g/mol. The van der Waals surface area contributed by atoms with Gasteiger partial charge < -0.3 is 20.4 Å². The van der Waals surface area contributed by atoms with Crippen LogP contribution >= 0.6 is 0 Å². The van der Waals surface area contributed by atoms with Crippen molar-refractivity contribution < 1.29 is 14.4 Å². The zero-order chi connectivity index (χ0) is 23.2. The van der Waals surface area contributed by atoms with E-state index in [1.165, 1.54) is 0 Å². The maximum atomic E-state index is 12.7. The van der Waals surface area contributed by atoms with Gasteiger partial charge >= 0.3 is 6.03 Å². The molecule has 0 bridgehead atoms. The van der Waals surface area contributed by atoms with E-state index in [1.807, 2.05) is 54.6 Å². The molecule has 0 aromatic heterocycles. The number of benzene rings is 3. The minimum atomic E-state index is -0.202. The third-order valence-corrected chi connectivity index (χ3v) is 5.64. The van der Waals surface area contributed by atoms with Crippen LogP contribution in [-0.4, -0.2) is 48.8 Å². The lowest BCUT2D eigenvalue weighted by molar-refractivity contribution is 0.101. The Balaban J connectivity index is 1.28. The number of para-hydroxylation sites is 1. The summed E-state index contributed by atoms with van der Waals surface area (Å²) in [5, 5.41) is 5.74. The second-order valence-corrected chi connectivity index (χ2v) is 7.90. The number of Topliss-reactive ketones (excluding diaryl/α,β-unsaturated/α-hetero) is 1. The number of urea groups is 1. The zero-order valence-electron chi connectivity index (χ0n) is 18.5. The van der Waals surface area contributed by atoms with Gasteiger partial charge in [-0.05, 0) is 67.6 Å². The molecule has 1 heterocycles. The Morgan fingerprint density at radius 1 is 0.667 bits per heavy atom. The Labute approximate surface area is 193 Å². The van der Waals surface area contributed by atoms with Gasteiger partial charge in [0.1, 0.15) is 0 Å². The average Bonchev–Trinajstić information content (AvgIpc) is 2.85. The number of rotatable bonds is 5. The number of amides is 3. The van der Waals surface area contributed by atoms with Crippen LogP contribution in [0, 0.1) is 0 Å². The molecule has 0 unspecified atom stereocenters. The van der Waals surface area contributed by atoms with E-state index in [0.29, 0.717) is 43.0 Å². The highest BCUT2D eigenvalue weighted by Gasteiger charge is 2.21. The van der Waals surface area contributed by atoms with Crippen LogP contribution in [0.1, 0.15) is 27.6 Å². The van der Waals surface area contributed by atoms with E-state index in [1.54, 1.807) is 36.1 Å². The van der Waals surface area contributed by atoms with Crippen molar-refractivity contribution in [1.82, 2.24) is 4.90 Å². The minimum absolute atomic E-state index is 0.0490. The van der Waals surface area contributed by atoms with E-state index >= 15 is 0 Å². The van der Waals surface area contributed by atoms with Crippen LogP contribution < -0.4 is 15.5 Å². The van der Waals surface area contributed by atoms with Crippen LogP contribution in [0.15, 0.2) is 78.9 Å². The lowest BCUT2D eigenvalue weighted by atomic mass is 10.1. The average molecular weight is 443 g/mol. The molecule has 4 rings (SSSR count). The molecule has 1 fully saturated rings. The minimum Gasteiger partial charge on any atom is -0.368 e. The maximum Gasteiger partial charge on any atom is 0.321 e. The van der Waals surface area contributed by atoms with Gasteiger partial charge in [0.25, 0.3) is 5.91 Å². The molecule has 3 amide bonds. The van der Waals surface area contributed by atoms with E-state index < -0.39 is 0 Å². The van der Waals surface area contributed by atoms with E-state index in [2.05, 4.69) is 15.5 Å². The number of anilines is 3.